The SMILES string of the molecule is CCCC(N)CC(=O)Cc1c(C)cc(C)cc1C. The molecule has 0 saturated carbocycles. The number of rotatable bonds is 6. The van der Waals surface area contributed by atoms with Crippen molar-refractivity contribution in [1.29, 1.82) is 0 Å². The molecule has 0 aliphatic heterocycles. The highest BCUT2D eigenvalue weighted by molar-refractivity contribution is 5.82. The standard InChI is InChI=1S/C16H25NO/c1-5-6-14(17)9-15(18)10-16-12(3)7-11(2)8-13(16)4/h7-8,14H,5-6,9-10,17H2,1-4H3. The van der Waals surface area contributed by atoms with Crippen LogP contribution in [-0.4, -0.2) is 11.8 Å². The van der Waals surface area contributed by atoms with Gasteiger partial charge in [0.05, 0.1) is 0 Å². The first-order valence-corrected chi connectivity index (χ1v) is 6.78. The molecule has 0 saturated heterocycles. The van der Waals surface area contributed by atoms with Gasteiger partial charge in [0, 0.05) is 18.9 Å². The number of carbonyl (C=O) groups excluding carboxylic acids is 1. The van der Waals surface area contributed by atoms with Crippen molar-refractivity contribution in [2.24, 2.45) is 5.73 Å². The van der Waals surface area contributed by atoms with E-state index in [9.17, 15) is 4.79 Å². The lowest BCUT2D eigenvalue weighted by atomic mass is 9.93. The first-order valence-electron chi connectivity index (χ1n) is 6.78. The lowest BCUT2D eigenvalue weighted by Crippen LogP contribution is -2.24. The average molecular weight is 247 g/mol. The smallest absolute Gasteiger partial charge is 0.138 e. The molecule has 0 aliphatic rings. The molecule has 0 bridgehead atoms. The Bertz CT molecular complexity index is 400. The summed E-state index contributed by atoms with van der Waals surface area (Å²) in [6.07, 6.45) is 2.99. The molecular formula is C16H25NO. The van der Waals surface area contributed by atoms with Gasteiger partial charge in [-0.3, -0.25) is 4.79 Å². The van der Waals surface area contributed by atoms with E-state index in [-0.39, 0.29) is 11.8 Å². The van der Waals surface area contributed by atoms with Crippen molar-refractivity contribution >= 4 is 5.78 Å². The van der Waals surface area contributed by atoms with Gasteiger partial charge in [-0.05, 0) is 43.9 Å². The van der Waals surface area contributed by atoms with Gasteiger partial charge in [0.25, 0.3) is 0 Å². The molecule has 0 heterocycles. The maximum absolute atomic E-state index is 12.0. The highest BCUT2D eigenvalue weighted by Gasteiger charge is 2.12. The first kappa shape index (κ1) is 14.9. The predicted octanol–water partition coefficient (Wildman–Crippen LogP) is 3.24. The van der Waals surface area contributed by atoms with Crippen LogP contribution in [0.2, 0.25) is 0 Å². The van der Waals surface area contributed by atoms with Crippen LogP contribution in [0.4, 0.5) is 0 Å². The number of carbonyl (C=O) groups is 1. The molecule has 0 fully saturated rings. The number of ketones is 1. The van der Waals surface area contributed by atoms with E-state index in [2.05, 4.69) is 39.8 Å². The second kappa shape index (κ2) is 6.69. The fraction of sp³-hybridized carbons (Fsp3) is 0.562. The summed E-state index contributed by atoms with van der Waals surface area (Å²) < 4.78 is 0. The van der Waals surface area contributed by atoms with Crippen molar-refractivity contribution in [1.82, 2.24) is 0 Å². The lowest BCUT2D eigenvalue weighted by molar-refractivity contribution is -0.118. The molecule has 1 rings (SSSR count). The van der Waals surface area contributed by atoms with Crippen LogP contribution in [0.15, 0.2) is 12.1 Å². The van der Waals surface area contributed by atoms with Crippen molar-refractivity contribution in [3.63, 3.8) is 0 Å². The van der Waals surface area contributed by atoms with E-state index in [1.807, 2.05) is 0 Å². The third-order valence-electron chi connectivity index (χ3n) is 3.36. The van der Waals surface area contributed by atoms with E-state index in [1.54, 1.807) is 0 Å². The van der Waals surface area contributed by atoms with E-state index in [4.69, 9.17) is 5.73 Å². The van der Waals surface area contributed by atoms with Gasteiger partial charge in [-0.2, -0.15) is 0 Å². The van der Waals surface area contributed by atoms with Gasteiger partial charge in [-0.15, -0.1) is 0 Å². The van der Waals surface area contributed by atoms with Gasteiger partial charge >= 0.3 is 0 Å². The molecule has 0 spiro atoms. The second-order valence-corrected chi connectivity index (χ2v) is 5.35. The minimum absolute atomic E-state index is 0.0218. The Morgan fingerprint density at radius 3 is 2.28 bits per heavy atom. The molecular weight excluding hydrogens is 222 g/mol. The monoisotopic (exact) mass is 247 g/mol. The lowest BCUT2D eigenvalue weighted by Gasteiger charge is -2.13. The zero-order valence-electron chi connectivity index (χ0n) is 12.0. The maximum Gasteiger partial charge on any atom is 0.138 e. The van der Waals surface area contributed by atoms with Crippen LogP contribution in [0.5, 0.6) is 0 Å². The molecule has 1 aromatic rings. The van der Waals surface area contributed by atoms with Gasteiger partial charge in [-0.1, -0.05) is 31.0 Å². The number of hydrogen-bond acceptors (Lipinski definition) is 2. The number of benzene rings is 1. The Balaban J connectivity index is 2.70. The van der Waals surface area contributed by atoms with Crippen molar-refractivity contribution in [3.8, 4) is 0 Å². The molecule has 2 heteroatoms. The van der Waals surface area contributed by atoms with E-state index in [0.29, 0.717) is 12.8 Å². The summed E-state index contributed by atoms with van der Waals surface area (Å²) in [5, 5.41) is 0. The minimum Gasteiger partial charge on any atom is -0.327 e. The van der Waals surface area contributed by atoms with Crippen LogP contribution >= 0.6 is 0 Å². The molecule has 1 atom stereocenters. The van der Waals surface area contributed by atoms with Crippen LogP contribution in [0, 0.1) is 20.8 Å². The molecule has 0 aromatic heterocycles. The summed E-state index contributed by atoms with van der Waals surface area (Å²) in [5.41, 5.74) is 10.8. The summed E-state index contributed by atoms with van der Waals surface area (Å²) >= 11 is 0. The van der Waals surface area contributed by atoms with Gasteiger partial charge in [0.2, 0.25) is 0 Å². The predicted molar refractivity (Wildman–Crippen MR) is 76.9 cm³/mol. The van der Waals surface area contributed by atoms with Crippen molar-refractivity contribution in [2.45, 2.75) is 59.4 Å². The fourth-order valence-electron chi connectivity index (χ4n) is 2.52. The third-order valence-corrected chi connectivity index (χ3v) is 3.36. The number of aryl methyl sites for hydroxylation is 3. The minimum atomic E-state index is 0.0218. The highest BCUT2D eigenvalue weighted by atomic mass is 16.1. The van der Waals surface area contributed by atoms with E-state index in [0.717, 1.165) is 12.8 Å². The Labute approximate surface area is 111 Å². The fourth-order valence-corrected chi connectivity index (χ4v) is 2.52. The molecule has 100 valence electrons. The summed E-state index contributed by atoms with van der Waals surface area (Å²) in [5.74, 6) is 0.256. The number of nitrogens with two attached hydrogens (primary N) is 1. The van der Waals surface area contributed by atoms with E-state index in [1.165, 1.54) is 22.3 Å². The molecule has 18 heavy (non-hydrogen) atoms. The summed E-state index contributed by atoms with van der Waals surface area (Å²) in [7, 11) is 0. The van der Waals surface area contributed by atoms with Crippen LogP contribution < -0.4 is 5.73 Å². The number of hydrogen-bond donors (Lipinski definition) is 1. The van der Waals surface area contributed by atoms with Gasteiger partial charge in [0.1, 0.15) is 5.78 Å². The van der Waals surface area contributed by atoms with Crippen LogP contribution in [-0.2, 0) is 11.2 Å². The van der Waals surface area contributed by atoms with Crippen molar-refractivity contribution in [3.05, 3.63) is 34.4 Å². The van der Waals surface area contributed by atoms with Crippen LogP contribution in [0.25, 0.3) is 0 Å². The highest BCUT2D eigenvalue weighted by Crippen LogP contribution is 2.18. The molecule has 1 aromatic carbocycles. The van der Waals surface area contributed by atoms with Crippen molar-refractivity contribution < 1.29 is 4.79 Å². The quantitative estimate of drug-likeness (QED) is 0.838. The van der Waals surface area contributed by atoms with Gasteiger partial charge in [-0.25, -0.2) is 0 Å². The maximum atomic E-state index is 12.0. The third kappa shape index (κ3) is 4.26. The first-order chi connectivity index (χ1) is 8.43. The summed E-state index contributed by atoms with van der Waals surface area (Å²) in [4.78, 5) is 12.0. The Hall–Kier alpha value is -1.15. The average Bonchev–Trinajstić information content (AvgIpc) is 2.23. The normalized spacial score (nSPS) is 12.5. The molecule has 2 nitrogen and oxygen atoms in total. The van der Waals surface area contributed by atoms with Crippen molar-refractivity contribution in [2.75, 3.05) is 0 Å². The van der Waals surface area contributed by atoms with Gasteiger partial charge in [0.15, 0.2) is 0 Å². The summed E-state index contributed by atoms with van der Waals surface area (Å²) in [6, 6.07) is 4.30. The topological polar surface area (TPSA) is 43.1 Å². The Kier molecular flexibility index (Phi) is 5.54. The molecule has 0 amide bonds. The molecule has 0 radical (unpaired) electrons. The Morgan fingerprint density at radius 2 is 1.78 bits per heavy atom. The second-order valence-electron chi connectivity index (χ2n) is 5.35. The van der Waals surface area contributed by atoms with Gasteiger partial charge < -0.3 is 5.73 Å². The molecule has 2 N–H and O–H groups in total. The largest absolute Gasteiger partial charge is 0.327 e. The number of Topliss-reactive ketones (excluding diaryl/α,β-unsaturated/α-hetero) is 1. The van der Waals surface area contributed by atoms with E-state index < -0.39 is 0 Å². The van der Waals surface area contributed by atoms with E-state index >= 15 is 0 Å². The molecule has 0 aliphatic carbocycles. The summed E-state index contributed by atoms with van der Waals surface area (Å²) in [6.45, 7) is 8.34. The zero-order chi connectivity index (χ0) is 13.7. The van der Waals surface area contributed by atoms with Crippen LogP contribution in [0.3, 0.4) is 0 Å². The zero-order valence-corrected chi connectivity index (χ0v) is 12.0. The molecule has 1 unspecified atom stereocenters. The van der Waals surface area contributed by atoms with Crippen LogP contribution in [0.1, 0.15) is 48.4 Å². The Morgan fingerprint density at radius 1 is 1.22 bits per heavy atom.